The first-order valence-corrected chi connectivity index (χ1v) is 13.5. The molecule has 8 heteroatoms. The molecule has 4 aliphatic rings. The number of benzene rings is 2. The molecule has 4 heterocycles. The van der Waals surface area contributed by atoms with E-state index in [1.807, 2.05) is 30.3 Å². The van der Waals surface area contributed by atoms with Gasteiger partial charge >= 0.3 is 0 Å². The van der Waals surface area contributed by atoms with E-state index < -0.39 is 0 Å². The molecule has 0 radical (unpaired) electrons. The zero-order chi connectivity index (χ0) is 24.2. The monoisotopic (exact) mass is 513 g/mol. The van der Waals surface area contributed by atoms with Gasteiger partial charge in [0.25, 0.3) is 0 Å². The van der Waals surface area contributed by atoms with Crippen LogP contribution in [0.5, 0.6) is 5.75 Å². The van der Waals surface area contributed by atoms with Crippen LogP contribution in [0.2, 0.25) is 5.02 Å². The third kappa shape index (κ3) is 6.02. The summed E-state index contributed by atoms with van der Waals surface area (Å²) in [5, 5.41) is 8.07. The van der Waals surface area contributed by atoms with Crippen molar-refractivity contribution in [3.8, 4) is 5.75 Å². The van der Waals surface area contributed by atoms with E-state index in [4.69, 9.17) is 28.6 Å². The minimum atomic E-state index is 0.562. The van der Waals surface area contributed by atoms with Crippen LogP contribution in [0.3, 0.4) is 0 Å². The SMILES string of the molecule is COc1ccccc1N1CCN(C[C@H]2CN3CC[C@H]2C[C@@H]3CNC(=S)Nc2cccc(Cl)c2)CC1. The molecular weight excluding hydrogens is 478 g/mol. The maximum absolute atomic E-state index is 6.08. The molecule has 35 heavy (non-hydrogen) atoms. The van der Waals surface area contributed by atoms with Crippen LogP contribution in [-0.2, 0) is 0 Å². The van der Waals surface area contributed by atoms with Crippen molar-refractivity contribution in [1.29, 1.82) is 0 Å². The van der Waals surface area contributed by atoms with Crippen LogP contribution >= 0.6 is 23.8 Å². The lowest BCUT2D eigenvalue weighted by atomic mass is 9.75. The van der Waals surface area contributed by atoms with Crippen molar-refractivity contribution in [2.24, 2.45) is 11.8 Å². The topological polar surface area (TPSA) is 43.0 Å². The fourth-order valence-electron chi connectivity index (χ4n) is 6.01. The average molecular weight is 514 g/mol. The van der Waals surface area contributed by atoms with E-state index in [9.17, 15) is 0 Å². The van der Waals surface area contributed by atoms with Gasteiger partial charge in [0.05, 0.1) is 12.8 Å². The lowest BCUT2D eigenvalue weighted by Crippen LogP contribution is -2.59. The minimum Gasteiger partial charge on any atom is -0.495 e. The quantitative estimate of drug-likeness (QED) is 0.539. The van der Waals surface area contributed by atoms with Gasteiger partial charge in [-0.3, -0.25) is 9.80 Å². The van der Waals surface area contributed by atoms with E-state index >= 15 is 0 Å². The van der Waals surface area contributed by atoms with Gasteiger partial charge in [-0.05, 0) is 73.8 Å². The number of halogens is 1. The first-order valence-electron chi connectivity index (χ1n) is 12.7. The molecule has 2 N–H and O–H groups in total. The molecule has 4 fully saturated rings. The van der Waals surface area contributed by atoms with Crippen LogP contribution in [0.1, 0.15) is 12.8 Å². The molecule has 4 aliphatic heterocycles. The highest BCUT2D eigenvalue weighted by molar-refractivity contribution is 7.80. The van der Waals surface area contributed by atoms with Gasteiger partial charge in [0.15, 0.2) is 5.11 Å². The fraction of sp³-hybridized carbons (Fsp3) is 0.519. The second kappa shape index (κ2) is 11.3. The molecule has 0 saturated carbocycles. The number of hydrogen-bond acceptors (Lipinski definition) is 5. The number of methoxy groups -OCH3 is 1. The van der Waals surface area contributed by atoms with E-state index in [0.717, 1.165) is 56.0 Å². The molecule has 2 aromatic rings. The molecule has 4 saturated heterocycles. The van der Waals surface area contributed by atoms with Gasteiger partial charge in [-0.1, -0.05) is 29.8 Å². The summed E-state index contributed by atoms with van der Waals surface area (Å²) < 4.78 is 5.58. The van der Waals surface area contributed by atoms with Gasteiger partial charge in [-0.15, -0.1) is 0 Å². The Morgan fingerprint density at radius 3 is 2.66 bits per heavy atom. The Bertz CT molecular complexity index is 1010. The number of nitrogens with one attached hydrogen (secondary N) is 2. The zero-order valence-corrected chi connectivity index (χ0v) is 22.0. The van der Waals surface area contributed by atoms with Crippen molar-refractivity contribution in [2.75, 3.05) is 69.7 Å². The van der Waals surface area contributed by atoms with Crippen molar-refractivity contribution in [3.05, 3.63) is 53.6 Å². The van der Waals surface area contributed by atoms with Gasteiger partial charge in [0.1, 0.15) is 5.75 Å². The highest BCUT2D eigenvalue weighted by atomic mass is 35.5. The largest absolute Gasteiger partial charge is 0.495 e. The molecule has 188 valence electrons. The summed E-state index contributed by atoms with van der Waals surface area (Å²) >= 11 is 11.6. The van der Waals surface area contributed by atoms with Gasteiger partial charge in [-0.25, -0.2) is 0 Å². The lowest BCUT2D eigenvalue weighted by molar-refractivity contribution is -0.0110. The molecule has 4 atom stereocenters. The Hall–Kier alpha value is -2.06. The Balaban J connectivity index is 1.07. The molecule has 0 amide bonds. The average Bonchev–Trinajstić information content (AvgIpc) is 2.88. The van der Waals surface area contributed by atoms with E-state index in [1.54, 1.807) is 7.11 Å². The van der Waals surface area contributed by atoms with Crippen LogP contribution in [0.4, 0.5) is 11.4 Å². The van der Waals surface area contributed by atoms with Gasteiger partial charge in [0.2, 0.25) is 0 Å². The van der Waals surface area contributed by atoms with E-state index in [-0.39, 0.29) is 0 Å². The van der Waals surface area contributed by atoms with Gasteiger partial charge in [0, 0.05) is 62.6 Å². The number of nitrogens with zero attached hydrogens (tertiary/aromatic N) is 3. The molecule has 0 spiro atoms. The zero-order valence-electron chi connectivity index (χ0n) is 20.5. The summed E-state index contributed by atoms with van der Waals surface area (Å²) in [6.45, 7) is 8.90. The number of para-hydroxylation sites is 2. The molecule has 6 rings (SSSR count). The van der Waals surface area contributed by atoms with Crippen LogP contribution in [0.25, 0.3) is 0 Å². The van der Waals surface area contributed by atoms with Crippen LogP contribution in [0, 0.1) is 11.8 Å². The molecule has 1 unspecified atom stereocenters. The summed E-state index contributed by atoms with van der Waals surface area (Å²) in [6, 6.07) is 16.6. The van der Waals surface area contributed by atoms with Crippen LogP contribution in [-0.4, -0.2) is 80.4 Å². The Morgan fingerprint density at radius 1 is 1.09 bits per heavy atom. The van der Waals surface area contributed by atoms with Crippen molar-refractivity contribution >= 4 is 40.3 Å². The first kappa shape index (κ1) is 24.6. The Morgan fingerprint density at radius 2 is 1.91 bits per heavy atom. The molecule has 6 nitrogen and oxygen atoms in total. The molecule has 0 aromatic heterocycles. The van der Waals surface area contributed by atoms with Crippen molar-refractivity contribution in [1.82, 2.24) is 15.1 Å². The summed E-state index contributed by atoms with van der Waals surface area (Å²) in [4.78, 5) is 7.83. The van der Waals surface area contributed by atoms with E-state index in [1.165, 1.54) is 38.2 Å². The first-order chi connectivity index (χ1) is 17.1. The predicted molar refractivity (Wildman–Crippen MR) is 149 cm³/mol. The molecule has 2 aromatic carbocycles. The number of rotatable bonds is 7. The van der Waals surface area contributed by atoms with Crippen LogP contribution in [0.15, 0.2) is 48.5 Å². The maximum Gasteiger partial charge on any atom is 0.170 e. The summed E-state index contributed by atoms with van der Waals surface area (Å²) in [7, 11) is 1.76. The van der Waals surface area contributed by atoms with Gasteiger partial charge in [-0.2, -0.15) is 0 Å². The number of hydrogen-bond donors (Lipinski definition) is 2. The number of piperazine rings is 1. The highest BCUT2D eigenvalue weighted by Gasteiger charge is 2.40. The Labute approximate surface area is 219 Å². The smallest absolute Gasteiger partial charge is 0.170 e. The van der Waals surface area contributed by atoms with E-state index in [0.29, 0.717) is 16.2 Å². The summed E-state index contributed by atoms with van der Waals surface area (Å²) in [5.41, 5.74) is 2.14. The maximum atomic E-state index is 6.08. The molecule has 0 aliphatic carbocycles. The lowest BCUT2D eigenvalue weighted by Gasteiger charge is -2.51. The summed E-state index contributed by atoms with van der Waals surface area (Å²) in [6.07, 6.45) is 2.59. The number of fused-ring (bicyclic) bond motifs is 3. The number of piperidine rings is 3. The Kier molecular flexibility index (Phi) is 7.97. The molecular formula is C27H36ClN5OS. The normalized spacial score (nSPS) is 26.4. The summed E-state index contributed by atoms with van der Waals surface area (Å²) in [5.74, 6) is 2.56. The van der Waals surface area contributed by atoms with Crippen molar-refractivity contribution in [3.63, 3.8) is 0 Å². The predicted octanol–water partition coefficient (Wildman–Crippen LogP) is 4.17. The van der Waals surface area contributed by atoms with Gasteiger partial charge < -0.3 is 20.3 Å². The second-order valence-corrected chi connectivity index (χ2v) is 10.8. The fourth-order valence-corrected chi connectivity index (χ4v) is 6.41. The minimum absolute atomic E-state index is 0.562. The van der Waals surface area contributed by atoms with Crippen molar-refractivity contribution < 1.29 is 4.74 Å². The number of ether oxygens (including phenoxy) is 1. The molecule has 2 bridgehead atoms. The third-order valence-electron chi connectivity index (χ3n) is 7.89. The highest BCUT2D eigenvalue weighted by Crippen LogP contribution is 2.37. The number of anilines is 2. The number of thiocarbonyl (C=S) groups is 1. The van der Waals surface area contributed by atoms with E-state index in [2.05, 4.69) is 43.5 Å². The second-order valence-electron chi connectivity index (χ2n) is 10.00. The standard InChI is InChI=1S/C27H36ClN5OS/c1-34-26-8-3-2-7-25(26)32-13-11-31(12-14-32)18-21-19-33-10-9-20(21)15-24(33)17-29-27(35)30-23-6-4-5-22(28)16-23/h2-8,16,20-21,24H,9-15,17-19H2,1H3,(H2,29,30,35)/t20-,21-,24+/m0/s1. The van der Waals surface area contributed by atoms with Crippen LogP contribution < -0.4 is 20.3 Å². The third-order valence-corrected chi connectivity index (χ3v) is 8.37. The van der Waals surface area contributed by atoms with Crippen molar-refractivity contribution in [2.45, 2.75) is 18.9 Å².